The smallest absolute Gasteiger partial charge is 0.185 e. The molecule has 1 saturated heterocycles. The number of ketones is 1. The predicted molar refractivity (Wildman–Crippen MR) is 119 cm³/mol. The summed E-state index contributed by atoms with van der Waals surface area (Å²) in [4.78, 5) is 17.1. The van der Waals surface area contributed by atoms with Crippen molar-refractivity contribution in [1.82, 2.24) is 9.80 Å². The van der Waals surface area contributed by atoms with Crippen molar-refractivity contribution in [3.05, 3.63) is 71.3 Å². The first-order chi connectivity index (χ1) is 14.1. The maximum atomic E-state index is 12.6. The highest BCUT2D eigenvalue weighted by Crippen LogP contribution is 2.13. The molecule has 1 fully saturated rings. The van der Waals surface area contributed by atoms with Crippen LogP contribution >= 0.6 is 0 Å². The zero-order valence-corrected chi connectivity index (χ0v) is 17.4. The van der Waals surface area contributed by atoms with Gasteiger partial charge >= 0.3 is 0 Å². The van der Waals surface area contributed by atoms with E-state index in [9.17, 15) is 4.79 Å². The van der Waals surface area contributed by atoms with Crippen LogP contribution < -0.4 is 5.32 Å². The summed E-state index contributed by atoms with van der Waals surface area (Å²) in [6.07, 6.45) is 3.53. The Bertz CT molecular complexity index is 809. The number of likely N-dealkylation sites (N-methyl/N-ethyl adjacent to an activating group) is 1. The van der Waals surface area contributed by atoms with Crippen LogP contribution in [-0.4, -0.2) is 69.1 Å². The normalized spacial score (nSPS) is 15.1. The van der Waals surface area contributed by atoms with E-state index < -0.39 is 0 Å². The number of carbonyl (C=O) groups is 1. The van der Waals surface area contributed by atoms with Gasteiger partial charge in [-0.15, -0.1) is 0 Å². The molecule has 5 heteroatoms. The van der Waals surface area contributed by atoms with Gasteiger partial charge in [-0.2, -0.15) is 0 Å². The third kappa shape index (κ3) is 7.13. The maximum absolute atomic E-state index is 12.6. The SMILES string of the molecule is CN(C)CCNc1ccc(C=CC(=O)c2cccc(CN3CCOCC3)c2)cc1. The molecule has 2 aromatic carbocycles. The number of rotatable bonds is 9. The third-order valence-electron chi connectivity index (χ3n) is 4.95. The molecule has 1 N–H and O–H groups in total. The van der Waals surface area contributed by atoms with Crippen molar-refractivity contribution in [1.29, 1.82) is 0 Å². The Hall–Kier alpha value is -2.47. The van der Waals surface area contributed by atoms with E-state index >= 15 is 0 Å². The Morgan fingerprint density at radius 1 is 1.14 bits per heavy atom. The Kier molecular flexibility index (Phi) is 7.99. The molecule has 0 aromatic heterocycles. The number of benzene rings is 2. The van der Waals surface area contributed by atoms with Gasteiger partial charge in [0.05, 0.1) is 13.2 Å². The van der Waals surface area contributed by atoms with Crippen molar-refractivity contribution < 1.29 is 9.53 Å². The first-order valence-corrected chi connectivity index (χ1v) is 10.2. The van der Waals surface area contributed by atoms with Crippen LogP contribution in [0.1, 0.15) is 21.5 Å². The number of hydrogen-bond acceptors (Lipinski definition) is 5. The van der Waals surface area contributed by atoms with Crippen LogP contribution in [0.5, 0.6) is 0 Å². The highest BCUT2D eigenvalue weighted by molar-refractivity contribution is 6.06. The molecule has 1 aliphatic heterocycles. The van der Waals surface area contributed by atoms with Crippen LogP contribution in [-0.2, 0) is 11.3 Å². The van der Waals surface area contributed by atoms with Crippen LogP contribution in [0.3, 0.4) is 0 Å². The lowest BCUT2D eigenvalue weighted by Gasteiger charge is -2.26. The molecule has 0 radical (unpaired) electrons. The number of morpholine rings is 1. The van der Waals surface area contributed by atoms with Crippen molar-refractivity contribution in [2.24, 2.45) is 0 Å². The number of nitrogens with one attached hydrogen (secondary N) is 1. The summed E-state index contributed by atoms with van der Waals surface area (Å²) in [6.45, 7) is 6.20. The summed E-state index contributed by atoms with van der Waals surface area (Å²) in [6, 6.07) is 16.1. The molecule has 1 aliphatic rings. The first-order valence-electron chi connectivity index (χ1n) is 10.2. The minimum absolute atomic E-state index is 0.0296. The van der Waals surface area contributed by atoms with E-state index in [-0.39, 0.29) is 5.78 Å². The Morgan fingerprint density at radius 3 is 2.62 bits per heavy atom. The Labute approximate surface area is 174 Å². The average molecular weight is 394 g/mol. The Morgan fingerprint density at radius 2 is 1.90 bits per heavy atom. The fourth-order valence-corrected chi connectivity index (χ4v) is 3.24. The third-order valence-corrected chi connectivity index (χ3v) is 4.95. The van der Waals surface area contributed by atoms with Crippen molar-refractivity contribution in [3.8, 4) is 0 Å². The van der Waals surface area contributed by atoms with Gasteiger partial charge in [-0.3, -0.25) is 9.69 Å². The number of hydrogen-bond donors (Lipinski definition) is 1. The lowest BCUT2D eigenvalue weighted by Crippen LogP contribution is -2.35. The van der Waals surface area contributed by atoms with Gasteiger partial charge < -0.3 is 15.0 Å². The fraction of sp³-hybridized carbons (Fsp3) is 0.375. The number of allylic oxidation sites excluding steroid dienone is 1. The lowest BCUT2D eigenvalue weighted by molar-refractivity contribution is 0.0342. The van der Waals surface area contributed by atoms with Crippen LogP contribution in [0.15, 0.2) is 54.6 Å². The molecular formula is C24H31N3O2. The summed E-state index contributed by atoms with van der Waals surface area (Å²) < 4.78 is 5.40. The second kappa shape index (κ2) is 10.9. The molecule has 0 unspecified atom stereocenters. The lowest BCUT2D eigenvalue weighted by atomic mass is 10.1. The standard InChI is InChI=1S/C24H31N3O2/c1-26(2)13-12-25-23-9-6-20(7-10-23)8-11-24(28)22-5-3-4-21(18-22)19-27-14-16-29-17-15-27/h3-11,18,25H,12-17,19H2,1-2H3. The first kappa shape index (κ1) is 21.2. The highest BCUT2D eigenvalue weighted by Gasteiger charge is 2.11. The summed E-state index contributed by atoms with van der Waals surface area (Å²) in [7, 11) is 4.12. The molecule has 0 aliphatic carbocycles. The number of anilines is 1. The van der Waals surface area contributed by atoms with Gasteiger partial charge in [0.15, 0.2) is 5.78 Å². The minimum atomic E-state index is 0.0296. The molecule has 3 rings (SSSR count). The van der Waals surface area contributed by atoms with Crippen LogP contribution in [0.4, 0.5) is 5.69 Å². The van der Waals surface area contributed by atoms with Crippen molar-refractivity contribution in [3.63, 3.8) is 0 Å². The molecule has 0 atom stereocenters. The molecule has 2 aromatic rings. The molecule has 29 heavy (non-hydrogen) atoms. The van der Waals surface area contributed by atoms with Gasteiger partial charge in [0.2, 0.25) is 0 Å². The van der Waals surface area contributed by atoms with Crippen molar-refractivity contribution in [2.45, 2.75) is 6.54 Å². The van der Waals surface area contributed by atoms with Gasteiger partial charge in [-0.1, -0.05) is 36.4 Å². The maximum Gasteiger partial charge on any atom is 0.185 e. The summed E-state index contributed by atoms with van der Waals surface area (Å²) in [5, 5.41) is 3.39. The molecule has 1 heterocycles. The fourth-order valence-electron chi connectivity index (χ4n) is 3.24. The molecule has 0 bridgehead atoms. The van der Waals surface area contributed by atoms with E-state index in [1.165, 1.54) is 5.56 Å². The Balaban J connectivity index is 1.55. The molecule has 154 valence electrons. The van der Waals surface area contributed by atoms with E-state index in [0.717, 1.165) is 62.8 Å². The van der Waals surface area contributed by atoms with E-state index in [2.05, 4.69) is 35.3 Å². The minimum Gasteiger partial charge on any atom is -0.384 e. The quantitative estimate of drug-likeness (QED) is 0.523. The van der Waals surface area contributed by atoms with E-state index in [4.69, 9.17) is 4.74 Å². The number of ether oxygens (including phenoxy) is 1. The molecule has 0 saturated carbocycles. The van der Waals surface area contributed by atoms with Crippen molar-refractivity contribution >= 4 is 17.5 Å². The topological polar surface area (TPSA) is 44.8 Å². The number of nitrogens with zero attached hydrogens (tertiary/aromatic N) is 2. The largest absolute Gasteiger partial charge is 0.384 e. The second-order valence-electron chi connectivity index (χ2n) is 7.64. The van der Waals surface area contributed by atoms with Gasteiger partial charge in [-0.25, -0.2) is 0 Å². The second-order valence-corrected chi connectivity index (χ2v) is 7.64. The van der Waals surface area contributed by atoms with Gasteiger partial charge in [0.1, 0.15) is 0 Å². The molecular weight excluding hydrogens is 362 g/mol. The highest BCUT2D eigenvalue weighted by atomic mass is 16.5. The van der Waals surface area contributed by atoms with Gasteiger partial charge in [0, 0.05) is 44.0 Å². The molecule has 0 amide bonds. The van der Waals surface area contributed by atoms with E-state index in [0.29, 0.717) is 0 Å². The molecule has 5 nitrogen and oxygen atoms in total. The summed E-state index contributed by atoms with van der Waals surface area (Å²) in [5.74, 6) is 0.0296. The predicted octanol–water partition coefficient (Wildman–Crippen LogP) is 3.39. The van der Waals surface area contributed by atoms with E-state index in [1.807, 2.05) is 48.5 Å². The zero-order valence-electron chi connectivity index (χ0n) is 17.4. The average Bonchev–Trinajstić information content (AvgIpc) is 2.73. The van der Waals surface area contributed by atoms with Crippen LogP contribution in [0.25, 0.3) is 6.08 Å². The van der Waals surface area contributed by atoms with E-state index in [1.54, 1.807) is 6.08 Å². The monoisotopic (exact) mass is 393 g/mol. The summed E-state index contributed by atoms with van der Waals surface area (Å²) >= 11 is 0. The molecule has 0 spiro atoms. The van der Waals surface area contributed by atoms with Crippen LogP contribution in [0.2, 0.25) is 0 Å². The van der Waals surface area contributed by atoms with Crippen molar-refractivity contribution in [2.75, 3.05) is 58.8 Å². The zero-order chi connectivity index (χ0) is 20.5. The van der Waals surface area contributed by atoms with Gasteiger partial charge in [-0.05, 0) is 49.5 Å². The van der Waals surface area contributed by atoms with Crippen LogP contribution in [0, 0.1) is 0 Å². The van der Waals surface area contributed by atoms with Gasteiger partial charge in [0.25, 0.3) is 0 Å². The summed E-state index contributed by atoms with van der Waals surface area (Å²) in [5.41, 5.74) is 4.00. The number of carbonyl (C=O) groups excluding carboxylic acids is 1.